The van der Waals surface area contributed by atoms with E-state index in [-0.39, 0.29) is 30.3 Å². The van der Waals surface area contributed by atoms with Crippen molar-refractivity contribution in [3.8, 4) is 0 Å². The first-order chi connectivity index (χ1) is 17.5. The van der Waals surface area contributed by atoms with Crippen LogP contribution in [0.5, 0.6) is 0 Å². The van der Waals surface area contributed by atoms with Crippen LogP contribution >= 0.6 is 0 Å². The van der Waals surface area contributed by atoms with Gasteiger partial charge in [0.05, 0.1) is 0 Å². The van der Waals surface area contributed by atoms with Gasteiger partial charge in [0.15, 0.2) is 6.04 Å². The average molecular weight is 495 g/mol. The highest BCUT2D eigenvalue weighted by Gasteiger charge is 2.27. The van der Waals surface area contributed by atoms with Crippen LogP contribution in [0.15, 0.2) is 54.6 Å². The Balaban J connectivity index is 1.43. The number of hydrogen-bond donors (Lipinski definition) is 4. The molecule has 0 aliphatic heterocycles. The van der Waals surface area contributed by atoms with Crippen molar-refractivity contribution in [1.29, 1.82) is 0 Å². The number of benzene rings is 2. The maximum Gasteiger partial charge on any atom is 0.334 e. The van der Waals surface area contributed by atoms with Gasteiger partial charge in [-0.2, -0.15) is 0 Å². The van der Waals surface area contributed by atoms with Crippen LogP contribution in [0.2, 0.25) is 0 Å². The van der Waals surface area contributed by atoms with Gasteiger partial charge in [0.1, 0.15) is 6.10 Å². The van der Waals surface area contributed by atoms with Crippen LogP contribution in [-0.4, -0.2) is 29.1 Å². The molecule has 8 nitrogen and oxygen atoms in total. The minimum absolute atomic E-state index is 0.00586. The lowest BCUT2D eigenvalue weighted by atomic mass is 10.1. The Morgan fingerprint density at radius 1 is 0.833 bits per heavy atom. The molecule has 0 bridgehead atoms. The predicted molar refractivity (Wildman–Crippen MR) is 137 cm³/mol. The van der Waals surface area contributed by atoms with Gasteiger partial charge in [-0.15, -0.1) is 0 Å². The smallest absolute Gasteiger partial charge is 0.334 e. The van der Waals surface area contributed by atoms with E-state index in [1.807, 2.05) is 54.6 Å². The van der Waals surface area contributed by atoms with Crippen molar-refractivity contribution in [1.82, 2.24) is 10.8 Å². The summed E-state index contributed by atoms with van der Waals surface area (Å²) in [7, 11) is 0. The summed E-state index contributed by atoms with van der Waals surface area (Å²) in [6.07, 6.45) is 7.83. The third-order valence-electron chi connectivity index (χ3n) is 6.23. The molecule has 0 spiro atoms. The van der Waals surface area contributed by atoms with E-state index in [1.165, 1.54) is 0 Å². The molecule has 8 heteroatoms. The Morgan fingerprint density at radius 2 is 1.47 bits per heavy atom. The molecule has 36 heavy (non-hydrogen) atoms. The molecule has 1 fully saturated rings. The minimum Gasteiger partial charge on any atom is -0.461 e. The fraction of sp³-hybridized carbons (Fsp3) is 0.429. The average Bonchev–Trinajstić information content (AvgIpc) is 3.40. The standard InChI is InChI=1S/C28H36N3O5/c32-25(14-6-1-2-7-15-26(33)31-35)30-23-18-16-21(17-19-23)20-29-27(22-10-4-3-5-11-22)28(34)36-24-12-8-9-13-24/h3-5,10-11,16-19,24,29,35H,1-2,6-9,12-15,20H2,(H,30,32)(H,31,33). The topological polar surface area (TPSA) is 117 Å². The molecule has 1 aliphatic rings. The number of carbonyl (C=O) groups is 3. The van der Waals surface area contributed by atoms with Gasteiger partial charge in [-0.05, 0) is 61.8 Å². The van der Waals surface area contributed by atoms with Gasteiger partial charge in [-0.3, -0.25) is 20.1 Å². The highest BCUT2D eigenvalue weighted by molar-refractivity contribution is 5.90. The fourth-order valence-corrected chi connectivity index (χ4v) is 4.21. The third kappa shape index (κ3) is 9.43. The summed E-state index contributed by atoms with van der Waals surface area (Å²) < 4.78 is 5.73. The van der Waals surface area contributed by atoms with Crippen LogP contribution in [0.4, 0.5) is 5.69 Å². The number of hydrogen-bond acceptors (Lipinski definition) is 6. The number of carbonyl (C=O) groups excluding carboxylic acids is 3. The van der Waals surface area contributed by atoms with Gasteiger partial charge in [0.2, 0.25) is 11.8 Å². The van der Waals surface area contributed by atoms with Crippen LogP contribution in [0.3, 0.4) is 0 Å². The summed E-state index contributed by atoms with van der Waals surface area (Å²) in [5, 5.41) is 14.6. The summed E-state index contributed by atoms with van der Waals surface area (Å²) in [5.41, 5.74) is 4.10. The molecule has 0 atom stereocenters. The molecule has 4 N–H and O–H groups in total. The van der Waals surface area contributed by atoms with Crippen LogP contribution in [0.25, 0.3) is 0 Å². The molecular weight excluding hydrogens is 458 g/mol. The lowest BCUT2D eigenvalue weighted by molar-refractivity contribution is -0.146. The maximum absolute atomic E-state index is 12.9. The van der Waals surface area contributed by atoms with Crippen LogP contribution < -0.4 is 16.1 Å². The molecule has 2 amide bonds. The van der Waals surface area contributed by atoms with E-state index in [4.69, 9.17) is 9.94 Å². The normalized spacial score (nSPS) is 13.5. The first kappa shape index (κ1) is 27.4. The molecule has 0 unspecified atom stereocenters. The molecule has 2 aromatic carbocycles. The van der Waals surface area contributed by atoms with Gasteiger partial charge in [-0.1, -0.05) is 55.3 Å². The molecule has 1 saturated carbocycles. The number of hydroxylamine groups is 1. The molecule has 0 saturated heterocycles. The Labute approximate surface area is 212 Å². The van der Waals surface area contributed by atoms with E-state index in [1.54, 1.807) is 5.48 Å². The molecule has 1 aliphatic carbocycles. The number of nitrogens with one attached hydrogen (secondary N) is 3. The number of unbranched alkanes of at least 4 members (excludes halogenated alkanes) is 3. The molecule has 2 aromatic rings. The van der Waals surface area contributed by atoms with Gasteiger partial charge < -0.3 is 10.1 Å². The van der Waals surface area contributed by atoms with E-state index in [9.17, 15) is 14.4 Å². The zero-order valence-corrected chi connectivity index (χ0v) is 20.6. The highest BCUT2D eigenvalue weighted by Crippen LogP contribution is 2.24. The van der Waals surface area contributed by atoms with Crippen molar-refractivity contribution in [3.05, 3.63) is 71.8 Å². The summed E-state index contributed by atoms with van der Waals surface area (Å²) in [4.78, 5) is 36.0. The van der Waals surface area contributed by atoms with Crippen LogP contribution in [0.1, 0.15) is 75.3 Å². The quantitative estimate of drug-likeness (QED) is 0.132. The first-order valence-electron chi connectivity index (χ1n) is 12.7. The largest absolute Gasteiger partial charge is 0.461 e. The third-order valence-corrected chi connectivity index (χ3v) is 6.23. The molecule has 3 rings (SSSR count). The zero-order valence-electron chi connectivity index (χ0n) is 20.6. The van der Waals surface area contributed by atoms with E-state index in [0.717, 1.165) is 61.8 Å². The Kier molecular flexibility index (Phi) is 11.4. The summed E-state index contributed by atoms with van der Waals surface area (Å²) in [6, 6.07) is 17.5. The minimum atomic E-state index is -0.385. The number of rotatable bonds is 14. The molecule has 1 radical (unpaired) electrons. The summed E-state index contributed by atoms with van der Waals surface area (Å²) in [6.45, 7) is 0.451. The summed E-state index contributed by atoms with van der Waals surface area (Å²) >= 11 is 0. The van der Waals surface area contributed by atoms with Crippen LogP contribution in [0, 0.1) is 6.04 Å². The highest BCUT2D eigenvalue weighted by atomic mass is 16.5. The molecule has 193 valence electrons. The van der Waals surface area contributed by atoms with Crippen molar-refractivity contribution in [2.75, 3.05) is 5.32 Å². The first-order valence-corrected chi connectivity index (χ1v) is 12.7. The lowest BCUT2D eigenvalue weighted by Gasteiger charge is -2.20. The monoisotopic (exact) mass is 494 g/mol. The van der Waals surface area contributed by atoms with Gasteiger partial charge in [0.25, 0.3) is 0 Å². The fourth-order valence-electron chi connectivity index (χ4n) is 4.21. The Morgan fingerprint density at radius 3 is 2.11 bits per heavy atom. The molecular formula is C28H36N3O5. The van der Waals surface area contributed by atoms with Gasteiger partial charge >= 0.3 is 5.97 Å². The number of esters is 1. The number of anilines is 1. The summed E-state index contributed by atoms with van der Waals surface area (Å²) in [5.74, 6) is -0.762. The maximum atomic E-state index is 12.9. The van der Waals surface area contributed by atoms with Crippen molar-refractivity contribution >= 4 is 23.5 Å². The van der Waals surface area contributed by atoms with E-state index >= 15 is 0 Å². The van der Waals surface area contributed by atoms with E-state index in [2.05, 4.69) is 10.6 Å². The second-order valence-electron chi connectivity index (χ2n) is 9.10. The molecule has 0 aromatic heterocycles. The SMILES string of the molecule is O=C(CCCCCCC(=O)Nc1ccc(CN[C](C(=O)OC2CCCC2)c2ccccc2)cc1)NO. The van der Waals surface area contributed by atoms with Crippen LogP contribution in [-0.2, 0) is 25.7 Å². The van der Waals surface area contributed by atoms with Crippen molar-refractivity contribution < 1.29 is 24.3 Å². The second kappa shape index (κ2) is 15.0. The van der Waals surface area contributed by atoms with Crippen molar-refractivity contribution in [3.63, 3.8) is 0 Å². The predicted octanol–water partition coefficient (Wildman–Crippen LogP) is 4.63. The van der Waals surface area contributed by atoms with Gasteiger partial charge in [-0.25, -0.2) is 10.3 Å². The lowest BCUT2D eigenvalue weighted by Crippen LogP contribution is -2.32. The van der Waals surface area contributed by atoms with Gasteiger partial charge in [0, 0.05) is 25.1 Å². The van der Waals surface area contributed by atoms with E-state index < -0.39 is 0 Å². The van der Waals surface area contributed by atoms with E-state index in [0.29, 0.717) is 25.4 Å². The molecule has 0 heterocycles. The number of ether oxygens (including phenoxy) is 1. The zero-order chi connectivity index (χ0) is 25.6. The Hall–Kier alpha value is -3.23. The van der Waals surface area contributed by atoms with Crippen molar-refractivity contribution in [2.24, 2.45) is 0 Å². The second-order valence-corrected chi connectivity index (χ2v) is 9.10. The number of amides is 2. The van der Waals surface area contributed by atoms with Crippen molar-refractivity contribution in [2.45, 2.75) is 76.9 Å². The Bertz CT molecular complexity index is 959.